The van der Waals surface area contributed by atoms with E-state index in [2.05, 4.69) is 36.5 Å². The number of nitrogens with one attached hydrogen (secondary N) is 2. The van der Waals surface area contributed by atoms with Crippen LogP contribution in [0.3, 0.4) is 0 Å². The normalized spacial score (nSPS) is 11.9. The maximum absolute atomic E-state index is 12.6. The second kappa shape index (κ2) is 32.3. The number of carbonyl (C=O) groups excluding carboxylic acids is 2. The summed E-state index contributed by atoms with van der Waals surface area (Å²) in [6, 6.07) is 0. The molecule has 51 heavy (non-hydrogen) atoms. The zero-order chi connectivity index (χ0) is 37.6. The van der Waals surface area contributed by atoms with Crippen LogP contribution < -0.4 is 34.6 Å². The number of alkyl carbamates (subject to hydrolysis) is 2. The zero-order valence-corrected chi connectivity index (χ0v) is 37.4. The number of hydrogen-bond acceptors (Lipinski definition) is 5. The van der Waals surface area contributed by atoms with Gasteiger partial charge in [-0.05, 0) is 67.2 Å². The molecule has 0 rings (SSSR count). The summed E-state index contributed by atoms with van der Waals surface area (Å²) in [6.07, 6.45) is 31.1. The van der Waals surface area contributed by atoms with Crippen molar-refractivity contribution in [1.29, 1.82) is 0 Å². The highest BCUT2D eigenvalue weighted by Crippen LogP contribution is 2.16. The standard InChI is InChI=1S/C42H84N4O4.HI/c1-10-12-14-16-18-20-22-24-26-28-30-32-35-46(9,36-33-31-29-27-25-23-21-19-17-15-13-11-2)37-34-43-38(44-39(47)49-41(3,4)5)45-40(48)50-42(6,7)8;/h10-37H2,1-9H3,(H-,43,44,45,47,48);1H. The van der Waals surface area contributed by atoms with Gasteiger partial charge in [0.25, 0.3) is 0 Å². The fraction of sp³-hybridized carbons (Fsp3) is 0.929. The molecule has 9 heteroatoms. The van der Waals surface area contributed by atoms with Crippen molar-refractivity contribution in [2.24, 2.45) is 4.99 Å². The largest absolute Gasteiger partial charge is 1.00 e. The monoisotopic (exact) mass is 837 g/mol. The molecule has 0 aromatic carbocycles. The number of guanidine groups is 1. The second-order valence-corrected chi connectivity index (χ2v) is 17.1. The van der Waals surface area contributed by atoms with Gasteiger partial charge >= 0.3 is 12.2 Å². The van der Waals surface area contributed by atoms with Crippen LogP contribution >= 0.6 is 0 Å². The molecular formula is C42H85IN4O4. The van der Waals surface area contributed by atoms with Gasteiger partial charge in [0.05, 0.1) is 33.2 Å². The van der Waals surface area contributed by atoms with Crippen molar-refractivity contribution in [1.82, 2.24) is 10.6 Å². The van der Waals surface area contributed by atoms with E-state index in [-0.39, 0.29) is 29.9 Å². The average molecular weight is 837 g/mol. The molecule has 8 nitrogen and oxygen atoms in total. The Morgan fingerprint density at radius 3 is 1.04 bits per heavy atom. The number of halogens is 1. The second-order valence-electron chi connectivity index (χ2n) is 17.1. The van der Waals surface area contributed by atoms with Crippen molar-refractivity contribution in [2.75, 3.05) is 33.2 Å². The third-order valence-electron chi connectivity index (χ3n) is 9.25. The molecule has 0 saturated heterocycles. The lowest BCUT2D eigenvalue weighted by Gasteiger charge is -2.34. The summed E-state index contributed by atoms with van der Waals surface area (Å²) in [5.74, 6) is 0.0655. The van der Waals surface area contributed by atoms with Crippen LogP contribution in [0.5, 0.6) is 0 Å². The fourth-order valence-electron chi connectivity index (χ4n) is 6.32. The van der Waals surface area contributed by atoms with Gasteiger partial charge in [0.1, 0.15) is 11.2 Å². The Balaban J connectivity index is 0. The number of likely N-dealkylation sites (N-methyl/N-ethyl adjacent to an activating group) is 1. The van der Waals surface area contributed by atoms with Crippen LogP contribution in [-0.4, -0.2) is 67.1 Å². The molecule has 0 heterocycles. The maximum Gasteiger partial charge on any atom is 0.414 e. The molecule has 0 saturated carbocycles. The SMILES string of the molecule is CCCCCCCCCCCCCC[N+](C)(CCCCCCCCCCCCCC)CCN=C(NC(=O)OC(C)(C)C)NC(=O)OC(C)(C)C.[I-]. The van der Waals surface area contributed by atoms with Gasteiger partial charge in [0.2, 0.25) is 5.96 Å². The van der Waals surface area contributed by atoms with Gasteiger partial charge in [0, 0.05) is 0 Å². The Labute approximate surface area is 333 Å². The van der Waals surface area contributed by atoms with Crippen LogP contribution in [-0.2, 0) is 9.47 Å². The third kappa shape index (κ3) is 37.0. The summed E-state index contributed by atoms with van der Waals surface area (Å²) in [7, 11) is 2.36. The van der Waals surface area contributed by atoms with E-state index in [1.165, 1.54) is 154 Å². The van der Waals surface area contributed by atoms with Gasteiger partial charge in [-0.15, -0.1) is 0 Å². The van der Waals surface area contributed by atoms with Crippen molar-refractivity contribution in [3.63, 3.8) is 0 Å². The smallest absolute Gasteiger partial charge is 0.414 e. The van der Waals surface area contributed by atoms with E-state index in [4.69, 9.17) is 9.47 Å². The lowest BCUT2D eigenvalue weighted by atomic mass is 10.0. The Kier molecular flexibility index (Phi) is 33.0. The van der Waals surface area contributed by atoms with E-state index in [1.54, 1.807) is 41.5 Å². The van der Waals surface area contributed by atoms with Crippen LogP contribution in [0.2, 0.25) is 0 Å². The van der Waals surface area contributed by atoms with Crippen LogP contribution in [0.15, 0.2) is 4.99 Å². The van der Waals surface area contributed by atoms with Crippen molar-refractivity contribution < 1.29 is 47.5 Å². The highest BCUT2D eigenvalue weighted by atomic mass is 127. The third-order valence-corrected chi connectivity index (χ3v) is 9.25. The van der Waals surface area contributed by atoms with E-state index in [0.29, 0.717) is 6.54 Å². The van der Waals surface area contributed by atoms with Gasteiger partial charge < -0.3 is 37.9 Å². The molecule has 2 N–H and O–H groups in total. The van der Waals surface area contributed by atoms with Crippen LogP contribution in [0.1, 0.15) is 209 Å². The minimum Gasteiger partial charge on any atom is -1.00 e. The first kappa shape index (κ1) is 52.0. The van der Waals surface area contributed by atoms with Crippen molar-refractivity contribution in [3.8, 4) is 0 Å². The summed E-state index contributed by atoms with van der Waals surface area (Å²) < 4.78 is 11.8. The molecule has 0 aliphatic carbocycles. The van der Waals surface area contributed by atoms with Gasteiger partial charge in [-0.25, -0.2) is 14.6 Å². The number of amides is 2. The highest BCUT2D eigenvalue weighted by molar-refractivity contribution is 6.01. The number of unbranched alkanes of at least 4 members (excludes halogenated alkanes) is 22. The molecular weight excluding hydrogens is 751 g/mol. The number of aliphatic imine (C=N–C) groups is 1. The molecule has 0 aromatic rings. The predicted octanol–water partition coefficient (Wildman–Crippen LogP) is 9.24. The van der Waals surface area contributed by atoms with Gasteiger partial charge in [-0.3, -0.25) is 10.6 Å². The molecule has 0 aromatic heterocycles. The Bertz CT molecular complexity index is 810. The van der Waals surface area contributed by atoms with Gasteiger partial charge in [-0.1, -0.05) is 142 Å². The lowest BCUT2D eigenvalue weighted by molar-refractivity contribution is -0.908. The minimum absolute atomic E-state index is 0. The highest BCUT2D eigenvalue weighted by Gasteiger charge is 2.23. The van der Waals surface area contributed by atoms with Crippen LogP contribution in [0.25, 0.3) is 0 Å². The predicted molar refractivity (Wildman–Crippen MR) is 214 cm³/mol. The lowest BCUT2D eigenvalue weighted by Crippen LogP contribution is -3.00. The topological polar surface area (TPSA) is 89.0 Å². The number of hydrogen-bond donors (Lipinski definition) is 2. The summed E-state index contributed by atoms with van der Waals surface area (Å²) >= 11 is 0. The van der Waals surface area contributed by atoms with Gasteiger partial charge in [0.15, 0.2) is 0 Å². The molecule has 0 bridgehead atoms. The number of quaternary nitrogens is 1. The van der Waals surface area contributed by atoms with Crippen molar-refractivity contribution in [2.45, 2.75) is 221 Å². The molecule has 304 valence electrons. The Hall–Kier alpha value is -1.10. The van der Waals surface area contributed by atoms with E-state index in [0.717, 1.165) is 24.1 Å². The summed E-state index contributed by atoms with van der Waals surface area (Å²) in [5, 5.41) is 5.27. The first-order valence-corrected chi connectivity index (χ1v) is 21.1. The summed E-state index contributed by atoms with van der Waals surface area (Å²) in [5.41, 5.74) is -1.34. The van der Waals surface area contributed by atoms with Crippen LogP contribution in [0.4, 0.5) is 9.59 Å². The van der Waals surface area contributed by atoms with E-state index >= 15 is 0 Å². The molecule has 0 fully saturated rings. The first-order chi connectivity index (χ1) is 23.7. The maximum atomic E-state index is 12.6. The Morgan fingerprint density at radius 2 is 0.765 bits per heavy atom. The molecule has 0 spiro atoms. The van der Waals surface area contributed by atoms with Crippen molar-refractivity contribution >= 4 is 18.1 Å². The van der Waals surface area contributed by atoms with E-state index in [1.807, 2.05) is 0 Å². The van der Waals surface area contributed by atoms with Crippen molar-refractivity contribution in [3.05, 3.63) is 0 Å². The average Bonchev–Trinajstić information content (AvgIpc) is 3.00. The first-order valence-electron chi connectivity index (χ1n) is 21.1. The number of nitrogens with zero attached hydrogens (tertiary/aromatic N) is 2. The molecule has 0 aliphatic heterocycles. The van der Waals surface area contributed by atoms with E-state index in [9.17, 15) is 9.59 Å². The summed E-state index contributed by atoms with van der Waals surface area (Å²) in [6.45, 7) is 19.0. The molecule has 0 radical (unpaired) electrons. The fourth-order valence-corrected chi connectivity index (χ4v) is 6.32. The van der Waals surface area contributed by atoms with Gasteiger partial charge in [-0.2, -0.15) is 0 Å². The quantitative estimate of drug-likeness (QED) is 0.0259. The van der Waals surface area contributed by atoms with E-state index < -0.39 is 23.4 Å². The molecule has 0 aliphatic rings. The summed E-state index contributed by atoms with van der Waals surface area (Å²) in [4.78, 5) is 29.8. The Morgan fingerprint density at radius 1 is 0.490 bits per heavy atom. The molecule has 0 atom stereocenters. The number of ether oxygens (including phenoxy) is 2. The minimum atomic E-state index is -0.668. The number of rotatable bonds is 29. The molecule has 0 unspecified atom stereocenters. The van der Waals surface area contributed by atoms with Crippen LogP contribution in [0, 0.1) is 0 Å². The number of carbonyl (C=O) groups is 2. The zero-order valence-electron chi connectivity index (χ0n) is 35.2. The molecule has 2 amide bonds.